The van der Waals surface area contributed by atoms with E-state index >= 15 is 0 Å². The van der Waals surface area contributed by atoms with Gasteiger partial charge in [-0.15, -0.1) is 0 Å². The second-order valence-electron chi connectivity index (χ2n) is 6.77. The number of hydrogen-bond acceptors (Lipinski definition) is 5. The Morgan fingerprint density at radius 2 is 2.19 bits per heavy atom. The zero-order valence-corrected chi connectivity index (χ0v) is 14.6. The topological polar surface area (TPSA) is 122 Å². The molecule has 138 valence electrons. The predicted octanol–water partition coefficient (Wildman–Crippen LogP) is 1.35. The van der Waals surface area contributed by atoms with Gasteiger partial charge in [-0.05, 0) is 25.8 Å². The third kappa shape index (κ3) is 2.69. The van der Waals surface area contributed by atoms with Crippen LogP contribution < -0.4 is 10.6 Å². The number of likely N-dealkylation sites (N-methyl/N-ethyl adjacent to an activating group) is 1. The number of urea groups is 1. The van der Waals surface area contributed by atoms with E-state index in [4.69, 9.17) is 0 Å². The van der Waals surface area contributed by atoms with Crippen molar-refractivity contribution in [2.75, 3.05) is 13.6 Å². The lowest BCUT2D eigenvalue weighted by Crippen LogP contribution is -2.53. The molecular weight excluding hydrogens is 340 g/mol. The van der Waals surface area contributed by atoms with Gasteiger partial charge in [0.25, 0.3) is 17.5 Å². The highest BCUT2D eigenvalue weighted by Gasteiger charge is 2.56. The van der Waals surface area contributed by atoms with Crippen LogP contribution >= 0.6 is 0 Å². The molecule has 1 aliphatic carbocycles. The lowest BCUT2D eigenvalue weighted by Gasteiger charge is -2.28. The maximum absolute atomic E-state index is 12.5. The van der Waals surface area contributed by atoms with Crippen molar-refractivity contribution in [2.45, 2.75) is 31.7 Å². The third-order valence-corrected chi connectivity index (χ3v) is 5.40. The largest absolute Gasteiger partial charge is 0.352 e. The number of amides is 4. The zero-order chi connectivity index (χ0) is 19.1. The molecule has 1 spiro atoms. The summed E-state index contributed by atoms with van der Waals surface area (Å²) in [4.78, 5) is 48.4. The Kier molecular flexibility index (Phi) is 4.39. The Balaban J connectivity index is 1.74. The van der Waals surface area contributed by atoms with Crippen molar-refractivity contribution in [3.63, 3.8) is 0 Å². The maximum atomic E-state index is 12.5. The monoisotopic (exact) mass is 360 g/mol. The number of nitro benzene ring substituents is 1. The van der Waals surface area contributed by atoms with E-state index in [1.165, 1.54) is 32.2 Å². The molecule has 2 aliphatic rings. The molecule has 0 bridgehead atoms. The van der Waals surface area contributed by atoms with Crippen LogP contribution in [0.15, 0.2) is 18.2 Å². The first kappa shape index (κ1) is 17.8. The van der Waals surface area contributed by atoms with E-state index in [1.54, 1.807) is 0 Å². The van der Waals surface area contributed by atoms with Crippen molar-refractivity contribution >= 4 is 23.5 Å². The number of rotatable bonds is 4. The summed E-state index contributed by atoms with van der Waals surface area (Å²) in [6, 6.07) is 3.91. The minimum Gasteiger partial charge on any atom is -0.352 e. The lowest BCUT2D eigenvalue weighted by molar-refractivity contribution is -0.385. The fourth-order valence-electron chi connectivity index (χ4n) is 3.90. The summed E-state index contributed by atoms with van der Waals surface area (Å²) >= 11 is 0. The molecule has 0 aromatic heterocycles. The van der Waals surface area contributed by atoms with Crippen LogP contribution in [0.5, 0.6) is 0 Å². The average molecular weight is 360 g/mol. The van der Waals surface area contributed by atoms with Gasteiger partial charge in [0.15, 0.2) is 0 Å². The molecule has 3 rings (SSSR count). The number of nitro groups is 1. The first-order valence-corrected chi connectivity index (χ1v) is 8.40. The fourth-order valence-corrected chi connectivity index (χ4v) is 3.90. The summed E-state index contributed by atoms with van der Waals surface area (Å²) in [5.74, 6) is -0.920. The van der Waals surface area contributed by atoms with Crippen molar-refractivity contribution in [2.24, 2.45) is 5.92 Å². The number of nitrogens with one attached hydrogen (secondary N) is 2. The van der Waals surface area contributed by atoms with Gasteiger partial charge in [-0.2, -0.15) is 0 Å². The van der Waals surface area contributed by atoms with Crippen molar-refractivity contribution in [3.8, 4) is 0 Å². The molecule has 1 aliphatic heterocycles. The first-order chi connectivity index (χ1) is 12.3. The molecule has 9 nitrogen and oxygen atoms in total. The SMILES string of the molecule is Cc1c(C(=O)NC[C@H]2CCC[C@@]23NC(=O)N(C)C3=O)cccc1[N+](=O)[O-]. The van der Waals surface area contributed by atoms with E-state index in [0.29, 0.717) is 18.4 Å². The Morgan fingerprint density at radius 1 is 1.46 bits per heavy atom. The minimum atomic E-state index is -0.961. The molecule has 2 atom stereocenters. The number of benzene rings is 1. The molecule has 1 aromatic carbocycles. The van der Waals surface area contributed by atoms with Crippen molar-refractivity contribution in [1.29, 1.82) is 0 Å². The van der Waals surface area contributed by atoms with E-state index in [0.717, 1.165) is 11.3 Å². The number of imide groups is 1. The smallest absolute Gasteiger partial charge is 0.324 e. The van der Waals surface area contributed by atoms with Gasteiger partial charge in [-0.25, -0.2) is 4.79 Å². The van der Waals surface area contributed by atoms with Gasteiger partial charge in [-0.3, -0.25) is 24.6 Å². The van der Waals surface area contributed by atoms with Crippen LogP contribution in [0.3, 0.4) is 0 Å². The van der Waals surface area contributed by atoms with Crippen molar-refractivity contribution in [3.05, 3.63) is 39.4 Å². The Labute approximate surface area is 149 Å². The molecule has 0 radical (unpaired) electrons. The van der Waals surface area contributed by atoms with Gasteiger partial charge in [0, 0.05) is 36.7 Å². The van der Waals surface area contributed by atoms with Gasteiger partial charge in [0.1, 0.15) is 5.54 Å². The predicted molar refractivity (Wildman–Crippen MR) is 91.5 cm³/mol. The van der Waals surface area contributed by atoms with E-state index in [2.05, 4.69) is 10.6 Å². The zero-order valence-electron chi connectivity index (χ0n) is 14.6. The summed E-state index contributed by atoms with van der Waals surface area (Å²) in [6.07, 6.45) is 2.02. The van der Waals surface area contributed by atoms with E-state index in [1.807, 2.05) is 0 Å². The summed E-state index contributed by atoms with van der Waals surface area (Å²) in [5.41, 5.74) is -0.558. The number of hydrogen-bond donors (Lipinski definition) is 2. The highest BCUT2D eigenvalue weighted by atomic mass is 16.6. The summed E-state index contributed by atoms with van der Waals surface area (Å²) in [6.45, 7) is 1.74. The molecule has 26 heavy (non-hydrogen) atoms. The van der Waals surface area contributed by atoms with Crippen LogP contribution in [0.25, 0.3) is 0 Å². The molecule has 2 N–H and O–H groups in total. The molecule has 1 saturated carbocycles. The van der Waals surface area contributed by atoms with Crippen LogP contribution in [-0.2, 0) is 4.79 Å². The molecule has 1 aromatic rings. The Bertz CT molecular complexity index is 808. The standard InChI is InChI=1S/C17H20N4O5/c1-10-12(6-3-7-13(10)21(25)26)14(22)18-9-11-5-4-8-17(11)15(23)20(2)16(24)19-17/h3,6-7,11H,4-5,8-9H2,1-2H3,(H,18,22)(H,19,24)/t11-,17-/m1/s1. The summed E-state index contributed by atoms with van der Waals surface area (Å²) < 4.78 is 0. The number of carbonyl (C=O) groups is 3. The summed E-state index contributed by atoms with van der Waals surface area (Å²) in [7, 11) is 1.44. The molecule has 1 heterocycles. The lowest BCUT2D eigenvalue weighted by atomic mass is 9.86. The minimum absolute atomic E-state index is 0.116. The molecule has 1 saturated heterocycles. The first-order valence-electron chi connectivity index (χ1n) is 8.40. The fraction of sp³-hybridized carbons (Fsp3) is 0.471. The highest BCUT2D eigenvalue weighted by molar-refractivity contribution is 6.07. The Hall–Kier alpha value is -2.97. The van der Waals surface area contributed by atoms with Crippen molar-refractivity contribution in [1.82, 2.24) is 15.5 Å². The van der Waals surface area contributed by atoms with Crippen LogP contribution in [0.1, 0.15) is 35.2 Å². The molecule has 0 unspecified atom stereocenters. The molecular formula is C17H20N4O5. The van der Waals surface area contributed by atoms with E-state index < -0.39 is 22.4 Å². The highest BCUT2D eigenvalue weighted by Crippen LogP contribution is 2.39. The quantitative estimate of drug-likeness (QED) is 0.477. The van der Waals surface area contributed by atoms with Gasteiger partial charge in [0.05, 0.1) is 4.92 Å². The van der Waals surface area contributed by atoms with Crippen LogP contribution in [0.2, 0.25) is 0 Å². The van der Waals surface area contributed by atoms with Crippen molar-refractivity contribution < 1.29 is 19.3 Å². The molecule has 9 heteroatoms. The molecule has 2 fully saturated rings. The number of carbonyl (C=O) groups excluding carboxylic acids is 3. The van der Waals surface area contributed by atoms with Gasteiger partial charge < -0.3 is 10.6 Å². The average Bonchev–Trinajstić information content (AvgIpc) is 3.10. The molecule has 4 amide bonds. The van der Waals surface area contributed by atoms with Gasteiger partial charge in [-0.1, -0.05) is 12.5 Å². The normalized spacial score (nSPS) is 24.8. The number of nitrogens with zero attached hydrogens (tertiary/aromatic N) is 2. The third-order valence-electron chi connectivity index (χ3n) is 5.40. The van der Waals surface area contributed by atoms with Crippen LogP contribution in [0, 0.1) is 23.0 Å². The maximum Gasteiger partial charge on any atom is 0.324 e. The van der Waals surface area contributed by atoms with Crippen LogP contribution in [0.4, 0.5) is 10.5 Å². The second-order valence-corrected chi connectivity index (χ2v) is 6.77. The second kappa shape index (κ2) is 6.40. The van der Waals surface area contributed by atoms with E-state index in [9.17, 15) is 24.5 Å². The van der Waals surface area contributed by atoms with Gasteiger partial charge >= 0.3 is 6.03 Å². The van der Waals surface area contributed by atoms with Gasteiger partial charge in [0.2, 0.25) is 0 Å². The van der Waals surface area contributed by atoms with E-state index in [-0.39, 0.29) is 29.6 Å². The van der Waals surface area contributed by atoms with Crippen LogP contribution in [-0.4, -0.2) is 46.8 Å². The summed E-state index contributed by atoms with van der Waals surface area (Å²) in [5, 5.41) is 16.6. The Morgan fingerprint density at radius 3 is 2.81 bits per heavy atom.